The maximum atomic E-state index is 11.9. The number of alkyl halides is 6. The van der Waals surface area contributed by atoms with Gasteiger partial charge in [0.2, 0.25) is 0 Å². The van der Waals surface area contributed by atoms with Crippen LogP contribution in [0.3, 0.4) is 0 Å². The highest BCUT2D eigenvalue weighted by atomic mass is 19.4. The molecule has 9 heteroatoms. The Bertz CT molecular complexity index is 223. The van der Waals surface area contributed by atoms with Gasteiger partial charge in [0.25, 0.3) is 5.83 Å². The Morgan fingerprint density at radius 2 is 1.36 bits per heavy atom. The van der Waals surface area contributed by atoms with E-state index in [0.717, 1.165) is 0 Å². The molecule has 0 aromatic carbocycles. The molecule has 0 aromatic heterocycles. The fourth-order valence-corrected chi connectivity index (χ4v) is 0.320. The van der Waals surface area contributed by atoms with E-state index in [-0.39, 0.29) is 0 Å². The zero-order valence-corrected chi connectivity index (χ0v) is 6.14. The normalized spacial score (nSPS) is 15.1. The van der Waals surface area contributed by atoms with E-state index >= 15 is 0 Å². The lowest BCUT2D eigenvalue weighted by Crippen LogP contribution is -2.18. The van der Waals surface area contributed by atoms with Crippen LogP contribution in [0.15, 0.2) is 11.8 Å². The number of hydrogen-bond donors (Lipinski definition) is 0. The lowest BCUT2D eigenvalue weighted by Gasteiger charge is -2.08. The van der Waals surface area contributed by atoms with Crippen LogP contribution in [0.4, 0.5) is 35.1 Å². The first-order valence-electron chi connectivity index (χ1n) is 2.86. The first-order chi connectivity index (χ1) is 6.04. The Kier molecular flexibility index (Phi) is 3.72. The van der Waals surface area contributed by atoms with Crippen LogP contribution in [0.5, 0.6) is 0 Å². The van der Waals surface area contributed by atoms with E-state index in [0.29, 0.717) is 0 Å². The van der Waals surface area contributed by atoms with Gasteiger partial charge in [-0.3, -0.25) is 0 Å². The second-order valence-electron chi connectivity index (χ2n) is 1.99. The van der Waals surface area contributed by atoms with Gasteiger partial charge in [0.05, 0.1) is 0 Å². The molecule has 0 radical (unpaired) electrons. The Hall–Kier alpha value is -1.02. The summed E-state index contributed by atoms with van der Waals surface area (Å²) in [5, 5.41) is 0. The van der Waals surface area contributed by atoms with Crippen LogP contribution in [-0.4, -0.2) is 19.0 Å². The van der Waals surface area contributed by atoms with E-state index in [1.165, 1.54) is 0 Å². The first kappa shape index (κ1) is 13.0. The highest BCUT2D eigenvalue weighted by Gasteiger charge is 2.40. The minimum Gasteiger partial charge on any atom is -0.459 e. The molecule has 0 aliphatic heterocycles. The summed E-state index contributed by atoms with van der Waals surface area (Å²) in [6.07, 6.45) is -10.7. The quantitative estimate of drug-likeness (QED) is 0.522. The van der Waals surface area contributed by atoms with Gasteiger partial charge < -0.3 is 4.74 Å². The Morgan fingerprint density at radius 3 is 1.64 bits per heavy atom. The van der Waals surface area contributed by atoms with E-state index < -0.39 is 30.8 Å². The summed E-state index contributed by atoms with van der Waals surface area (Å²) < 4.78 is 94.2. The minimum absolute atomic E-state index is 2.33. The summed E-state index contributed by atoms with van der Waals surface area (Å²) in [5.74, 6) is -3.33. The second-order valence-corrected chi connectivity index (χ2v) is 1.99. The maximum absolute atomic E-state index is 11.9. The van der Waals surface area contributed by atoms with Crippen molar-refractivity contribution >= 4 is 0 Å². The van der Waals surface area contributed by atoms with Crippen molar-refractivity contribution in [2.45, 2.75) is 12.4 Å². The third-order valence-corrected chi connectivity index (χ3v) is 0.784. The molecule has 0 N–H and O–H groups in total. The fourth-order valence-electron chi connectivity index (χ4n) is 0.320. The van der Waals surface area contributed by atoms with E-state index in [1.54, 1.807) is 0 Å². The van der Waals surface area contributed by atoms with Gasteiger partial charge in [0.1, 0.15) is 0 Å². The lowest BCUT2D eigenvalue weighted by molar-refractivity contribution is -0.174. The summed E-state index contributed by atoms with van der Waals surface area (Å²) in [5.41, 5.74) is 0. The van der Waals surface area contributed by atoms with Gasteiger partial charge in [-0.2, -0.15) is 35.1 Å². The number of hydrogen-bond acceptors (Lipinski definition) is 1. The molecule has 0 bridgehead atoms. The average molecular weight is 230 g/mol. The van der Waals surface area contributed by atoms with Crippen molar-refractivity contribution in [3.8, 4) is 0 Å². The molecule has 0 amide bonds. The Labute approximate surface area is 71.9 Å². The molecule has 1 nitrogen and oxygen atoms in total. The van der Waals surface area contributed by atoms with Crippen molar-refractivity contribution in [3.05, 3.63) is 11.8 Å². The summed E-state index contributed by atoms with van der Waals surface area (Å²) in [4.78, 5) is 0. The van der Waals surface area contributed by atoms with Gasteiger partial charge in [-0.25, -0.2) is 0 Å². The van der Waals surface area contributed by atoms with Gasteiger partial charge >= 0.3 is 18.4 Å². The average Bonchev–Trinajstić information content (AvgIpc) is 1.95. The van der Waals surface area contributed by atoms with Gasteiger partial charge in [-0.1, -0.05) is 0 Å². The van der Waals surface area contributed by atoms with Crippen molar-refractivity contribution in [3.63, 3.8) is 0 Å². The van der Waals surface area contributed by atoms with Crippen LogP contribution >= 0.6 is 0 Å². The van der Waals surface area contributed by atoms with Crippen LogP contribution in [0, 0.1) is 0 Å². The van der Waals surface area contributed by atoms with Gasteiger partial charge in [0.15, 0.2) is 6.61 Å². The van der Waals surface area contributed by atoms with E-state index in [9.17, 15) is 35.1 Å². The van der Waals surface area contributed by atoms with Gasteiger partial charge in [-0.05, 0) is 0 Å². The van der Waals surface area contributed by atoms with Crippen LogP contribution in [-0.2, 0) is 4.74 Å². The molecular formula is C5H2F8O. The molecule has 84 valence electrons. The standard InChI is InChI=1S/C5H2F8O/c6-2(5(11,12)13)3(7)14-1-4(8,9)10/h1H2. The molecule has 14 heavy (non-hydrogen) atoms. The molecule has 0 saturated carbocycles. The zero-order chi connectivity index (χ0) is 11.6. The van der Waals surface area contributed by atoms with E-state index in [4.69, 9.17) is 0 Å². The monoisotopic (exact) mass is 230 g/mol. The topological polar surface area (TPSA) is 9.23 Å². The second kappa shape index (κ2) is 4.01. The molecule has 0 aliphatic rings. The summed E-state index contributed by atoms with van der Waals surface area (Å²) in [6, 6.07) is -2.94. The Balaban J connectivity index is 4.40. The van der Waals surface area contributed by atoms with Crippen LogP contribution in [0.1, 0.15) is 0 Å². The first-order valence-corrected chi connectivity index (χ1v) is 2.86. The summed E-state index contributed by atoms with van der Waals surface area (Å²) in [7, 11) is 0. The predicted molar refractivity (Wildman–Crippen MR) is 27.3 cm³/mol. The molecule has 0 saturated heterocycles. The van der Waals surface area contributed by atoms with Gasteiger partial charge in [0, 0.05) is 0 Å². The Morgan fingerprint density at radius 1 is 0.929 bits per heavy atom. The molecule has 0 atom stereocenters. The molecule has 0 spiro atoms. The molecule has 0 fully saturated rings. The van der Waals surface area contributed by atoms with Crippen molar-refractivity contribution in [2.24, 2.45) is 0 Å². The third kappa shape index (κ3) is 4.87. The largest absolute Gasteiger partial charge is 0.459 e. The number of ether oxygens (including phenoxy) is 1. The van der Waals surface area contributed by atoms with Crippen molar-refractivity contribution < 1.29 is 39.9 Å². The lowest BCUT2D eigenvalue weighted by atomic mass is 10.5. The number of halogens is 8. The summed E-state index contributed by atoms with van der Waals surface area (Å²) in [6.45, 7) is -2.33. The SMILES string of the molecule is FC(OCC(F)(F)F)=C(F)C(F)(F)F. The van der Waals surface area contributed by atoms with Crippen molar-refractivity contribution in [1.29, 1.82) is 0 Å². The van der Waals surface area contributed by atoms with Crippen LogP contribution in [0.2, 0.25) is 0 Å². The molecule has 0 rings (SSSR count). The molecule has 0 aromatic rings. The minimum atomic E-state index is -5.70. The van der Waals surface area contributed by atoms with E-state index in [1.807, 2.05) is 0 Å². The predicted octanol–water partition coefficient (Wildman–Crippen LogP) is 3.24. The van der Waals surface area contributed by atoms with Crippen molar-refractivity contribution in [2.75, 3.05) is 6.61 Å². The van der Waals surface area contributed by atoms with E-state index in [2.05, 4.69) is 4.74 Å². The zero-order valence-electron chi connectivity index (χ0n) is 6.14. The smallest absolute Gasteiger partial charge is 0.449 e. The molecule has 0 heterocycles. The van der Waals surface area contributed by atoms with Gasteiger partial charge in [-0.15, -0.1) is 0 Å². The molecule has 0 unspecified atom stereocenters. The number of rotatable bonds is 2. The third-order valence-electron chi connectivity index (χ3n) is 0.784. The maximum Gasteiger partial charge on any atom is 0.449 e. The molecular weight excluding hydrogens is 228 g/mol. The number of allylic oxidation sites excluding steroid dienone is 1. The van der Waals surface area contributed by atoms with Crippen LogP contribution in [0.25, 0.3) is 0 Å². The van der Waals surface area contributed by atoms with Crippen LogP contribution < -0.4 is 0 Å². The highest BCUT2D eigenvalue weighted by molar-refractivity contribution is 4.99. The van der Waals surface area contributed by atoms with Crippen molar-refractivity contribution in [1.82, 2.24) is 0 Å². The fraction of sp³-hybridized carbons (Fsp3) is 0.600. The highest BCUT2D eigenvalue weighted by Crippen LogP contribution is 2.30. The summed E-state index contributed by atoms with van der Waals surface area (Å²) >= 11 is 0. The molecule has 0 aliphatic carbocycles.